The Bertz CT molecular complexity index is 920. The second-order valence-corrected chi connectivity index (χ2v) is 16.6. The maximum absolute atomic E-state index is 11.3. The number of nitrogens with zero attached hydrogens (tertiary/aromatic N) is 4. The first-order valence-corrected chi connectivity index (χ1v) is 18.6. The van der Waals surface area contributed by atoms with E-state index in [-0.39, 0.29) is 19.3 Å². The molecular formula is C30H58N4O9Si. The molecule has 0 aromatic rings. The van der Waals surface area contributed by atoms with Crippen molar-refractivity contribution in [3.63, 3.8) is 0 Å². The molecule has 14 heteroatoms. The van der Waals surface area contributed by atoms with Crippen LogP contribution in [0.4, 0.5) is 0 Å². The molecule has 0 saturated carbocycles. The van der Waals surface area contributed by atoms with Crippen molar-refractivity contribution < 1.29 is 43.7 Å². The van der Waals surface area contributed by atoms with Gasteiger partial charge in [-0.05, 0) is 59.7 Å². The number of hydrogen-bond donors (Lipinski definition) is 4. The van der Waals surface area contributed by atoms with E-state index < -0.39 is 43.3 Å². The largest absolute Gasteiger partial charge is 0.481 e. The lowest BCUT2D eigenvalue weighted by Gasteiger charge is -2.46. The van der Waals surface area contributed by atoms with Crippen LogP contribution in [0.2, 0.25) is 12.6 Å². The Balaban J connectivity index is 2.15. The molecule has 2 fully saturated rings. The van der Waals surface area contributed by atoms with Crippen molar-refractivity contribution in [2.24, 2.45) is 0 Å². The van der Waals surface area contributed by atoms with E-state index >= 15 is 0 Å². The van der Waals surface area contributed by atoms with Crippen LogP contribution < -0.4 is 0 Å². The van der Waals surface area contributed by atoms with E-state index in [4.69, 9.17) is 8.85 Å². The molecule has 2 heterocycles. The van der Waals surface area contributed by atoms with Gasteiger partial charge in [-0.3, -0.25) is 14.4 Å². The number of aliphatic carboxylic acids is 3. The van der Waals surface area contributed by atoms with E-state index in [1.807, 2.05) is 13.8 Å². The molecule has 0 aromatic heterocycles. The highest BCUT2D eigenvalue weighted by atomic mass is 28.4. The lowest BCUT2D eigenvalue weighted by molar-refractivity contribution is -0.153. The van der Waals surface area contributed by atoms with Gasteiger partial charge in [-0.25, -0.2) is 0 Å². The van der Waals surface area contributed by atoms with Gasteiger partial charge < -0.3 is 48.9 Å². The Morgan fingerprint density at radius 2 is 1.05 bits per heavy atom. The second kappa shape index (κ2) is 16.8. The second-order valence-electron chi connectivity index (χ2n) is 13.4. The maximum Gasteiger partial charge on any atom is 0.336 e. The number of carbonyl (C=O) groups is 3. The number of hydrogen-bond acceptors (Lipinski definition) is 10. The fraction of sp³-hybridized carbons (Fsp3) is 0.900. The van der Waals surface area contributed by atoms with E-state index in [1.54, 1.807) is 13.8 Å². The van der Waals surface area contributed by atoms with Crippen molar-refractivity contribution in [2.45, 2.75) is 96.1 Å². The zero-order chi connectivity index (χ0) is 33.2. The highest BCUT2D eigenvalue weighted by Gasteiger charge is 2.65. The fourth-order valence-corrected chi connectivity index (χ4v) is 9.94. The Labute approximate surface area is 264 Å². The summed E-state index contributed by atoms with van der Waals surface area (Å²) in [6.07, 6.45) is 1.63. The molecular weight excluding hydrogens is 588 g/mol. The van der Waals surface area contributed by atoms with Crippen molar-refractivity contribution in [2.75, 3.05) is 78.5 Å². The molecule has 3 atom stereocenters. The van der Waals surface area contributed by atoms with Gasteiger partial charge >= 0.3 is 26.5 Å². The van der Waals surface area contributed by atoms with Crippen LogP contribution in [0, 0.1) is 0 Å². The van der Waals surface area contributed by atoms with Gasteiger partial charge in [-0.1, -0.05) is 6.92 Å². The van der Waals surface area contributed by atoms with Crippen molar-refractivity contribution >= 4 is 26.5 Å². The zero-order valence-corrected chi connectivity index (χ0v) is 28.8. The van der Waals surface area contributed by atoms with Crippen molar-refractivity contribution in [3.8, 4) is 0 Å². The van der Waals surface area contributed by atoms with Gasteiger partial charge in [0, 0.05) is 72.0 Å². The van der Waals surface area contributed by atoms with Crippen molar-refractivity contribution in [1.82, 2.24) is 19.6 Å². The van der Waals surface area contributed by atoms with Gasteiger partial charge in [0.15, 0.2) is 0 Å². The molecule has 0 bridgehead atoms. The van der Waals surface area contributed by atoms with Gasteiger partial charge in [0.2, 0.25) is 0 Å². The van der Waals surface area contributed by atoms with Crippen LogP contribution in [0.3, 0.4) is 0 Å². The monoisotopic (exact) mass is 646 g/mol. The van der Waals surface area contributed by atoms with Crippen LogP contribution in [-0.4, -0.2) is 162 Å². The molecule has 0 amide bonds. The maximum atomic E-state index is 11.3. The molecule has 2 aliphatic heterocycles. The molecule has 2 rings (SSSR count). The molecule has 0 aromatic carbocycles. The van der Waals surface area contributed by atoms with Gasteiger partial charge in [0.25, 0.3) is 0 Å². The molecule has 2 saturated heterocycles. The molecule has 256 valence electrons. The predicted molar refractivity (Wildman–Crippen MR) is 169 cm³/mol. The summed E-state index contributed by atoms with van der Waals surface area (Å²) in [5, 5.41) is 38.9. The molecule has 0 spiro atoms. The zero-order valence-electron chi connectivity index (χ0n) is 27.8. The Kier molecular flexibility index (Phi) is 14.7. The standard InChI is InChI=1S/C30H58N4O9Si/c1-7-29(4)30(5,28(2,3)41)43-44(6,42-29)24-8-12-31-16-18-32(13-9-25(35)36)20-22-34(15-11-27(39)40)23-21-33(19-17-31)14-10-26(37)38/h41H,7-24H2,1-6H3,(H,35,36)(H,37,38)(H,39,40). The summed E-state index contributed by atoms with van der Waals surface area (Å²) in [7, 11) is -2.61. The average molecular weight is 647 g/mol. The van der Waals surface area contributed by atoms with Gasteiger partial charge in [-0.15, -0.1) is 0 Å². The van der Waals surface area contributed by atoms with Crippen LogP contribution in [0.15, 0.2) is 0 Å². The third-order valence-corrected chi connectivity index (χ3v) is 12.7. The van der Waals surface area contributed by atoms with E-state index in [1.165, 1.54) is 0 Å². The summed E-state index contributed by atoms with van der Waals surface area (Å²) in [4.78, 5) is 42.6. The summed E-state index contributed by atoms with van der Waals surface area (Å²) in [6.45, 7) is 18.9. The van der Waals surface area contributed by atoms with Crippen molar-refractivity contribution in [3.05, 3.63) is 0 Å². The molecule has 2 aliphatic rings. The van der Waals surface area contributed by atoms with E-state index in [2.05, 4.69) is 33.1 Å². The van der Waals surface area contributed by atoms with Crippen LogP contribution in [0.1, 0.15) is 66.7 Å². The predicted octanol–water partition coefficient (Wildman–Crippen LogP) is 1.84. The average Bonchev–Trinajstić information content (AvgIpc) is 3.13. The Hall–Kier alpha value is -1.65. The third-order valence-electron chi connectivity index (χ3n) is 9.67. The number of aliphatic hydroxyl groups is 1. The lowest BCUT2D eigenvalue weighted by Crippen LogP contribution is -2.60. The topological polar surface area (TPSA) is 164 Å². The minimum atomic E-state index is -2.61. The SMILES string of the molecule is CCC1(C)O[Si](C)(CCCN2CCN(CCC(=O)O)CCN(CCC(=O)O)CCN(CCC(=O)O)CC2)OC1(C)C(C)(C)O. The summed E-state index contributed by atoms with van der Waals surface area (Å²) < 4.78 is 13.4. The molecule has 0 radical (unpaired) electrons. The Morgan fingerprint density at radius 1 is 0.705 bits per heavy atom. The summed E-state index contributed by atoms with van der Waals surface area (Å²) in [5.74, 6) is -2.57. The summed E-state index contributed by atoms with van der Waals surface area (Å²) >= 11 is 0. The van der Waals surface area contributed by atoms with Crippen LogP contribution >= 0.6 is 0 Å². The minimum absolute atomic E-state index is 0.0139. The van der Waals surface area contributed by atoms with Gasteiger partial charge in [0.05, 0.1) is 30.5 Å². The van der Waals surface area contributed by atoms with Crippen LogP contribution in [-0.2, 0) is 23.2 Å². The fourth-order valence-electron chi connectivity index (χ4n) is 6.28. The Morgan fingerprint density at radius 3 is 1.32 bits per heavy atom. The van der Waals surface area contributed by atoms with E-state index in [0.717, 1.165) is 32.1 Å². The van der Waals surface area contributed by atoms with Crippen LogP contribution in [0.5, 0.6) is 0 Å². The summed E-state index contributed by atoms with van der Waals surface area (Å²) in [5.41, 5.74) is -2.52. The molecule has 44 heavy (non-hydrogen) atoms. The first kappa shape index (κ1) is 38.5. The molecule has 13 nitrogen and oxygen atoms in total. The number of carboxylic acid groups (broad SMARTS) is 3. The highest BCUT2D eigenvalue weighted by molar-refractivity contribution is 6.66. The minimum Gasteiger partial charge on any atom is -0.481 e. The third kappa shape index (κ3) is 11.6. The van der Waals surface area contributed by atoms with Gasteiger partial charge in [-0.2, -0.15) is 0 Å². The normalized spacial score (nSPS) is 29.2. The van der Waals surface area contributed by atoms with E-state index in [9.17, 15) is 34.8 Å². The number of carboxylic acids is 3. The van der Waals surface area contributed by atoms with E-state index in [0.29, 0.717) is 65.3 Å². The van der Waals surface area contributed by atoms with Gasteiger partial charge in [0.1, 0.15) is 5.60 Å². The lowest BCUT2D eigenvalue weighted by atomic mass is 9.73. The molecule has 4 N–H and O–H groups in total. The summed E-state index contributed by atoms with van der Waals surface area (Å²) in [6, 6.07) is 0.759. The quantitative estimate of drug-likeness (QED) is 0.191. The highest BCUT2D eigenvalue weighted by Crippen LogP contribution is 2.50. The molecule has 0 aliphatic carbocycles. The number of rotatable bonds is 15. The smallest absolute Gasteiger partial charge is 0.336 e. The molecule has 3 unspecified atom stereocenters. The van der Waals surface area contributed by atoms with Crippen LogP contribution in [0.25, 0.3) is 0 Å². The first-order valence-electron chi connectivity index (χ1n) is 16.1. The van der Waals surface area contributed by atoms with Crippen molar-refractivity contribution in [1.29, 1.82) is 0 Å². The first-order chi connectivity index (χ1) is 20.4.